The Morgan fingerprint density at radius 1 is 0.772 bits per heavy atom. The molecule has 306 valence electrons. The molecule has 0 radical (unpaired) electrons. The zero-order chi connectivity index (χ0) is 41.1. The van der Waals surface area contributed by atoms with Crippen molar-refractivity contribution in [1.82, 2.24) is 4.90 Å². The van der Waals surface area contributed by atoms with Crippen molar-refractivity contribution in [2.75, 3.05) is 36.0 Å². The Morgan fingerprint density at radius 3 is 1.67 bits per heavy atom. The molecule has 1 amide bonds. The molecule has 0 bridgehead atoms. The predicted molar refractivity (Wildman–Crippen MR) is 238 cm³/mol. The van der Waals surface area contributed by atoms with Crippen LogP contribution in [0.4, 0.5) is 11.4 Å². The summed E-state index contributed by atoms with van der Waals surface area (Å²) in [4.78, 5) is 38.2. The molecule has 0 spiro atoms. The van der Waals surface area contributed by atoms with E-state index in [0.29, 0.717) is 32.4 Å². The fourth-order valence-electron chi connectivity index (χ4n) is 9.49. The summed E-state index contributed by atoms with van der Waals surface area (Å²) in [5, 5.41) is 9.61. The second-order valence-electron chi connectivity index (χ2n) is 18.0. The number of piperidine rings is 1. The Hall–Kier alpha value is -4.39. The zero-order valence-electron chi connectivity index (χ0n) is 36.4. The van der Waals surface area contributed by atoms with Gasteiger partial charge in [0, 0.05) is 59.8 Å². The van der Waals surface area contributed by atoms with E-state index in [1.807, 2.05) is 11.8 Å². The van der Waals surface area contributed by atoms with Crippen LogP contribution in [-0.4, -0.2) is 59.8 Å². The number of carbonyl (C=O) groups is 2. The number of anilines is 2. The van der Waals surface area contributed by atoms with E-state index in [-0.39, 0.29) is 22.7 Å². The number of fused-ring (bicyclic) bond motifs is 2. The van der Waals surface area contributed by atoms with Gasteiger partial charge in [-0.25, -0.2) is 0 Å². The molecule has 1 saturated heterocycles. The van der Waals surface area contributed by atoms with Crippen LogP contribution in [0.2, 0.25) is 0 Å². The number of hydrogen-bond acceptors (Lipinski definition) is 5. The number of aryl methyl sites for hydroxylation is 2. The molecular formula is C50H68N4O3. The van der Waals surface area contributed by atoms with Gasteiger partial charge in [-0.2, -0.15) is 0 Å². The zero-order valence-corrected chi connectivity index (χ0v) is 36.4. The number of likely N-dealkylation sites (tertiary alicyclic amines) is 1. The Morgan fingerprint density at radius 2 is 1.25 bits per heavy atom. The van der Waals surface area contributed by atoms with Crippen LogP contribution in [0.1, 0.15) is 135 Å². The summed E-state index contributed by atoms with van der Waals surface area (Å²) < 4.78 is 0. The maximum Gasteiger partial charge on any atom is 0.306 e. The van der Waals surface area contributed by atoms with Gasteiger partial charge in [0.25, 0.3) is 0 Å². The molecule has 1 atom stereocenters. The van der Waals surface area contributed by atoms with Crippen LogP contribution in [0.15, 0.2) is 88.2 Å². The van der Waals surface area contributed by atoms with E-state index in [9.17, 15) is 14.7 Å². The van der Waals surface area contributed by atoms with E-state index in [1.54, 1.807) is 0 Å². The highest BCUT2D eigenvalue weighted by molar-refractivity contribution is 6.14. The molecule has 4 aliphatic rings. The SMILES string of the molecule is CCCCN1C(=CC=C2CCC/C(=C\C=C3/N(CCCC)c4ccc(C)cc4C3(C)C)C2=NC(CC)C(=O)N2CCC(C(=O)O)CC2)C(C)(C)c2cc(C)ccc21. The summed E-state index contributed by atoms with van der Waals surface area (Å²) in [6.07, 6.45) is 18.2. The topological polar surface area (TPSA) is 76.5 Å². The van der Waals surface area contributed by atoms with Crippen molar-refractivity contribution in [3.63, 3.8) is 0 Å². The summed E-state index contributed by atoms with van der Waals surface area (Å²) in [6.45, 7) is 23.2. The molecule has 1 saturated carbocycles. The normalized spacial score (nSPS) is 23.2. The number of nitrogens with zero attached hydrogens (tertiary/aromatic N) is 4. The standard InChI is InChI=1S/C50H68N4O3/c1-10-13-28-53-42-22-18-34(4)32-39(42)49(6,7)44(53)24-20-36-16-15-17-37(46(36)51-41(12-3)47(55)52-30-26-38(27-31-52)48(56)57)21-25-45-50(8,9)40-33-35(5)19-23-43(40)54(45)29-14-11-2/h18-25,32-33,38,41H,10-17,26-31H2,1-9H3,(H,56,57)/b36-20+,37-21?,44-24-,45-25?,51-46?. The highest BCUT2D eigenvalue weighted by Gasteiger charge is 2.41. The smallest absolute Gasteiger partial charge is 0.306 e. The third-order valence-electron chi connectivity index (χ3n) is 13.1. The first-order valence-corrected chi connectivity index (χ1v) is 21.9. The van der Waals surface area contributed by atoms with E-state index in [0.717, 1.165) is 63.7 Å². The van der Waals surface area contributed by atoms with Gasteiger partial charge < -0.3 is 19.8 Å². The van der Waals surface area contributed by atoms with E-state index in [2.05, 4.69) is 126 Å². The third kappa shape index (κ3) is 8.59. The van der Waals surface area contributed by atoms with Gasteiger partial charge in [-0.1, -0.05) is 109 Å². The van der Waals surface area contributed by atoms with E-state index in [1.165, 1.54) is 56.2 Å². The molecule has 2 fully saturated rings. The number of allylic oxidation sites excluding steroid dienone is 8. The van der Waals surface area contributed by atoms with Crippen LogP contribution in [0.5, 0.6) is 0 Å². The van der Waals surface area contributed by atoms with Crippen molar-refractivity contribution >= 4 is 29.0 Å². The third-order valence-corrected chi connectivity index (χ3v) is 13.1. The van der Waals surface area contributed by atoms with Crippen LogP contribution in [0.3, 0.4) is 0 Å². The van der Waals surface area contributed by atoms with Gasteiger partial charge >= 0.3 is 5.97 Å². The van der Waals surface area contributed by atoms with Crippen LogP contribution in [0, 0.1) is 19.8 Å². The summed E-state index contributed by atoms with van der Waals surface area (Å²) >= 11 is 0. The number of aliphatic carboxylic acids is 1. The summed E-state index contributed by atoms with van der Waals surface area (Å²) in [5.74, 6) is -1.14. The molecule has 7 heteroatoms. The minimum Gasteiger partial charge on any atom is -0.481 e. The Labute approximate surface area is 343 Å². The van der Waals surface area contributed by atoms with Crippen molar-refractivity contribution in [2.45, 2.75) is 143 Å². The Bertz CT molecular complexity index is 1880. The molecule has 2 aromatic rings. The molecule has 0 aromatic heterocycles. The van der Waals surface area contributed by atoms with Gasteiger partial charge in [0.15, 0.2) is 0 Å². The minimum atomic E-state index is -0.766. The van der Waals surface area contributed by atoms with E-state index >= 15 is 0 Å². The number of rotatable bonds is 12. The second-order valence-corrected chi connectivity index (χ2v) is 18.0. The Kier molecular flexibility index (Phi) is 13.1. The summed E-state index contributed by atoms with van der Waals surface area (Å²) in [7, 11) is 0. The molecule has 7 nitrogen and oxygen atoms in total. The largest absolute Gasteiger partial charge is 0.481 e. The summed E-state index contributed by atoms with van der Waals surface area (Å²) in [5.41, 5.74) is 13.5. The first-order chi connectivity index (χ1) is 27.2. The number of carbonyl (C=O) groups excluding carboxylic acids is 1. The lowest BCUT2D eigenvalue weighted by Crippen LogP contribution is -2.44. The molecule has 1 N–H and O–H groups in total. The molecule has 3 aliphatic heterocycles. The number of carboxylic acid groups (broad SMARTS) is 1. The maximum atomic E-state index is 14.2. The fraction of sp³-hybridized carbons (Fsp3) is 0.540. The van der Waals surface area contributed by atoms with Gasteiger partial charge in [-0.3, -0.25) is 14.6 Å². The quantitative estimate of drug-likeness (QED) is 0.232. The number of unbranched alkanes of at least 4 members (excludes halogenated alkanes) is 2. The fourth-order valence-corrected chi connectivity index (χ4v) is 9.49. The van der Waals surface area contributed by atoms with E-state index in [4.69, 9.17) is 4.99 Å². The number of benzene rings is 2. The molecule has 3 heterocycles. The Balaban J connectivity index is 1.45. The molecule has 1 unspecified atom stereocenters. The molecule has 57 heavy (non-hydrogen) atoms. The van der Waals surface area contributed by atoms with Gasteiger partial charge in [0.1, 0.15) is 6.04 Å². The molecule has 6 rings (SSSR count). The van der Waals surface area contributed by atoms with Crippen molar-refractivity contribution in [1.29, 1.82) is 0 Å². The van der Waals surface area contributed by atoms with Gasteiger partial charge in [-0.05, 0) is 112 Å². The van der Waals surface area contributed by atoms with Gasteiger partial charge in [0.2, 0.25) is 5.91 Å². The lowest BCUT2D eigenvalue weighted by molar-refractivity contribution is -0.146. The highest BCUT2D eigenvalue weighted by atomic mass is 16.4. The molecule has 1 aliphatic carbocycles. The van der Waals surface area contributed by atoms with Crippen molar-refractivity contribution in [3.05, 3.63) is 105 Å². The first kappa shape index (κ1) is 42.2. The van der Waals surface area contributed by atoms with Crippen LogP contribution < -0.4 is 9.80 Å². The predicted octanol–water partition coefficient (Wildman–Crippen LogP) is 11.1. The van der Waals surface area contributed by atoms with Crippen LogP contribution in [-0.2, 0) is 20.4 Å². The van der Waals surface area contributed by atoms with Crippen molar-refractivity contribution in [2.24, 2.45) is 10.9 Å². The average Bonchev–Trinajstić information content (AvgIpc) is 3.53. The van der Waals surface area contributed by atoms with Crippen molar-refractivity contribution < 1.29 is 14.7 Å². The second kappa shape index (κ2) is 17.6. The lowest BCUT2D eigenvalue weighted by Gasteiger charge is -2.32. The highest BCUT2D eigenvalue weighted by Crippen LogP contribution is 2.50. The minimum absolute atomic E-state index is 0.0109. The van der Waals surface area contributed by atoms with Gasteiger partial charge in [0.05, 0.1) is 11.6 Å². The van der Waals surface area contributed by atoms with Crippen LogP contribution >= 0.6 is 0 Å². The van der Waals surface area contributed by atoms with Crippen molar-refractivity contribution in [3.8, 4) is 0 Å². The first-order valence-electron chi connectivity index (χ1n) is 21.9. The number of hydrogen-bond donors (Lipinski definition) is 1. The summed E-state index contributed by atoms with van der Waals surface area (Å²) in [6, 6.07) is 13.2. The number of aliphatic imine (C=N–C) groups is 1. The van der Waals surface area contributed by atoms with Gasteiger partial charge in [-0.15, -0.1) is 0 Å². The lowest BCUT2D eigenvalue weighted by atomic mass is 9.82. The molecule has 2 aromatic carbocycles. The number of carboxylic acids is 1. The number of amides is 1. The maximum absolute atomic E-state index is 14.2. The molecular weight excluding hydrogens is 705 g/mol. The van der Waals surface area contributed by atoms with E-state index < -0.39 is 12.0 Å². The monoisotopic (exact) mass is 773 g/mol. The average molecular weight is 773 g/mol. The van der Waals surface area contributed by atoms with Crippen LogP contribution in [0.25, 0.3) is 0 Å².